The van der Waals surface area contributed by atoms with E-state index in [0.29, 0.717) is 0 Å². The number of rotatable bonds is 0. The standard InChI is InChI=1S/C62H56O2/c1-25-41-39-23-31(61(11,12)13)21-37-35-19-29(59(5,6)7)17-33-34-18-30(60(8,9)10)20-36-38-22-32(62(14,15)16)24-40-42-26(2)58(64)28(4)44-43(27(3)57(25)63)49(41)55-53(47(37)39)51(45(33)35)52(46(34)36)54(48(38)40)56(55)50(42)44/h17-24H,1-16H3. The molecule has 316 valence electrons. The molecule has 0 radical (unpaired) electrons. The molecule has 0 fully saturated rings. The highest BCUT2D eigenvalue weighted by Crippen LogP contribution is 2.62. The van der Waals surface area contributed by atoms with Crippen molar-refractivity contribution in [3.05, 3.63) is 113 Å². The Balaban J connectivity index is 1.56. The number of aryl methyl sites for hydroxylation is 4. The summed E-state index contributed by atoms with van der Waals surface area (Å²) in [6, 6.07) is 20.0. The second-order valence-corrected chi connectivity index (χ2v) is 24.4. The number of benzene rings is 13. The van der Waals surface area contributed by atoms with Gasteiger partial charge < -0.3 is 0 Å². The lowest BCUT2D eigenvalue weighted by Gasteiger charge is -2.33. The molecule has 0 unspecified atom stereocenters. The van der Waals surface area contributed by atoms with Crippen molar-refractivity contribution in [2.45, 2.75) is 132 Å². The van der Waals surface area contributed by atoms with Gasteiger partial charge in [-0.3, -0.25) is 9.59 Å². The van der Waals surface area contributed by atoms with Gasteiger partial charge in [0.25, 0.3) is 0 Å². The lowest BCUT2D eigenvalue weighted by molar-refractivity contribution is 0.591. The van der Waals surface area contributed by atoms with E-state index < -0.39 is 0 Å². The quantitative estimate of drug-likeness (QED) is 0.113. The average Bonchev–Trinajstić information content (AvgIpc) is 3.21. The highest BCUT2D eigenvalue weighted by atomic mass is 16.1. The smallest absolute Gasteiger partial charge is 0.185 e. The molecule has 0 aliphatic carbocycles. The lowest BCUT2D eigenvalue weighted by atomic mass is 9.70. The molecular formula is C62H56O2. The normalized spacial score (nSPS) is 14.4. The van der Waals surface area contributed by atoms with Gasteiger partial charge in [0.1, 0.15) is 0 Å². The van der Waals surface area contributed by atoms with Crippen LogP contribution in [0.4, 0.5) is 0 Å². The van der Waals surface area contributed by atoms with Gasteiger partial charge in [-0.1, -0.05) is 83.1 Å². The summed E-state index contributed by atoms with van der Waals surface area (Å²) in [5.74, 6) is 0. The topological polar surface area (TPSA) is 34.1 Å². The highest BCUT2D eigenvalue weighted by Gasteiger charge is 2.36. The zero-order valence-electron chi connectivity index (χ0n) is 40.4. The molecule has 64 heavy (non-hydrogen) atoms. The molecule has 13 aromatic carbocycles. The minimum Gasteiger partial charge on any atom is -0.289 e. The summed E-state index contributed by atoms with van der Waals surface area (Å²) < 4.78 is 0. The van der Waals surface area contributed by atoms with Crippen LogP contribution in [-0.2, 0) is 21.7 Å². The third kappa shape index (κ3) is 4.18. The summed E-state index contributed by atoms with van der Waals surface area (Å²) in [6.45, 7) is 36.2. The van der Waals surface area contributed by atoms with Crippen LogP contribution in [0.2, 0.25) is 0 Å². The SMILES string of the molecule is Cc1c(=O)c(C)c2c3c(C)c(=O)c(C)c4c5cc(C(C)(C)C)cc6c7cc(C(C)(C)C)cc8c9cc(C(C)(C)C)cc%10c%11cc(C(C)(C)C)cc%12c1c2c1c(c%11%12)c(c9%10)c(c87)c(c65)c1c43. The van der Waals surface area contributed by atoms with Crippen LogP contribution in [-0.4, -0.2) is 0 Å². The van der Waals surface area contributed by atoms with Gasteiger partial charge in [-0.05, 0) is 249 Å². The summed E-state index contributed by atoms with van der Waals surface area (Å²) in [4.78, 5) is 30.1. The van der Waals surface area contributed by atoms with Gasteiger partial charge >= 0.3 is 0 Å². The van der Waals surface area contributed by atoms with E-state index in [-0.39, 0.29) is 32.5 Å². The van der Waals surface area contributed by atoms with Crippen molar-refractivity contribution < 1.29 is 0 Å². The zero-order valence-corrected chi connectivity index (χ0v) is 40.4. The predicted octanol–water partition coefficient (Wildman–Crippen LogP) is 16.7. The highest BCUT2D eigenvalue weighted by molar-refractivity contribution is 6.61. The first-order chi connectivity index (χ1) is 29.8. The fourth-order valence-corrected chi connectivity index (χ4v) is 13.1. The molecule has 0 spiro atoms. The molecule has 0 aliphatic rings. The molecule has 0 bridgehead atoms. The molecular weight excluding hydrogens is 777 g/mol. The number of hydrogen-bond donors (Lipinski definition) is 0. The largest absolute Gasteiger partial charge is 0.289 e. The van der Waals surface area contributed by atoms with Gasteiger partial charge in [-0.25, -0.2) is 0 Å². The van der Waals surface area contributed by atoms with E-state index in [2.05, 4.69) is 145 Å². The van der Waals surface area contributed by atoms with Crippen molar-refractivity contribution in [2.75, 3.05) is 0 Å². The minimum atomic E-state index is -0.156. The lowest BCUT2D eigenvalue weighted by Crippen LogP contribution is -2.16. The molecule has 0 aliphatic heterocycles. The van der Waals surface area contributed by atoms with Crippen LogP contribution in [0.15, 0.2) is 58.1 Å². The van der Waals surface area contributed by atoms with Gasteiger partial charge in [0.15, 0.2) is 10.9 Å². The van der Waals surface area contributed by atoms with E-state index in [4.69, 9.17) is 0 Å². The van der Waals surface area contributed by atoms with E-state index in [0.717, 1.165) is 65.3 Å². The van der Waals surface area contributed by atoms with Crippen molar-refractivity contribution in [1.29, 1.82) is 0 Å². The monoisotopic (exact) mass is 832 g/mol. The van der Waals surface area contributed by atoms with E-state index in [1.165, 1.54) is 108 Å². The average molecular weight is 833 g/mol. The van der Waals surface area contributed by atoms with E-state index in [1.54, 1.807) is 0 Å². The molecule has 2 nitrogen and oxygen atoms in total. The molecule has 2 heteroatoms. The maximum atomic E-state index is 15.0. The Bertz CT molecular complexity index is 4090. The Morgan fingerprint density at radius 2 is 0.406 bits per heavy atom. The molecule has 0 saturated carbocycles. The van der Waals surface area contributed by atoms with E-state index in [9.17, 15) is 0 Å². The fourth-order valence-electron chi connectivity index (χ4n) is 13.1. The molecule has 0 atom stereocenters. The molecule has 0 aromatic heterocycles. The zero-order chi connectivity index (χ0) is 45.3. The summed E-state index contributed by atoms with van der Waals surface area (Å²) in [5, 5.41) is 29.5. The second-order valence-electron chi connectivity index (χ2n) is 24.4. The van der Waals surface area contributed by atoms with Crippen LogP contribution in [0.25, 0.3) is 129 Å². The molecule has 0 amide bonds. The van der Waals surface area contributed by atoms with Crippen molar-refractivity contribution >= 4 is 129 Å². The van der Waals surface area contributed by atoms with Gasteiger partial charge in [0, 0.05) is 22.3 Å². The summed E-state index contributed by atoms with van der Waals surface area (Å²) in [6.07, 6.45) is 0. The molecule has 0 N–H and O–H groups in total. The first-order valence-corrected chi connectivity index (χ1v) is 23.5. The summed E-state index contributed by atoms with van der Waals surface area (Å²) >= 11 is 0. The minimum absolute atomic E-state index is 0.0753. The van der Waals surface area contributed by atoms with E-state index >= 15 is 9.59 Å². The van der Waals surface area contributed by atoms with Crippen molar-refractivity contribution in [1.82, 2.24) is 0 Å². The molecule has 0 saturated heterocycles. The third-order valence-corrected chi connectivity index (χ3v) is 16.5. The Hall–Kier alpha value is -5.86. The van der Waals surface area contributed by atoms with Crippen LogP contribution in [0.1, 0.15) is 128 Å². The first kappa shape index (κ1) is 38.6. The van der Waals surface area contributed by atoms with Crippen LogP contribution in [0, 0.1) is 27.7 Å². The molecule has 0 heterocycles. The molecule has 13 aromatic rings. The van der Waals surface area contributed by atoms with Gasteiger partial charge in [-0.2, -0.15) is 0 Å². The fraction of sp³-hybridized carbons (Fsp3) is 0.323. The Morgan fingerprint density at radius 3 is 0.641 bits per heavy atom. The Morgan fingerprint density at radius 1 is 0.234 bits per heavy atom. The van der Waals surface area contributed by atoms with Gasteiger partial charge in [0.05, 0.1) is 0 Å². The van der Waals surface area contributed by atoms with Crippen molar-refractivity contribution in [3.8, 4) is 0 Å². The first-order valence-electron chi connectivity index (χ1n) is 23.5. The summed E-state index contributed by atoms with van der Waals surface area (Å²) in [7, 11) is 0. The van der Waals surface area contributed by atoms with Gasteiger partial charge in [0.2, 0.25) is 0 Å². The van der Waals surface area contributed by atoms with Crippen LogP contribution < -0.4 is 10.9 Å². The van der Waals surface area contributed by atoms with Crippen molar-refractivity contribution in [2.24, 2.45) is 0 Å². The van der Waals surface area contributed by atoms with Crippen molar-refractivity contribution in [3.63, 3.8) is 0 Å². The van der Waals surface area contributed by atoms with E-state index in [1.807, 2.05) is 13.8 Å². The predicted molar refractivity (Wildman–Crippen MR) is 281 cm³/mol. The second kappa shape index (κ2) is 11.0. The summed E-state index contributed by atoms with van der Waals surface area (Å²) in [5.41, 5.74) is 7.89. The van der Waals surface area contributed by atoms with Crippen LogP contribution >= 0.6 is 0 Å². The third-order valence-electron chi connectivity index (χ3n) is 16.5. The maximum Gasteiger partial charge on any atom is 0.185 e. The maximum absolute atomic E-state index is 15.0. The Kier molecular flexibility index (Phi) is 6.61. The van der Waals surface area contributed by atoms with Crippen LogP contribution in [0.5, 0.6) is 0 Å². The number of hydrogen-bond acceptors (Lipinski definition) is 2. The molecule has 13 rings (SSSR count). The van der Waals surface area contributed by atoms with Gasteiger partial charge in [-0.15, -0.1) is 0 Å². The number of fused-ring (bicyclic) bond motifs is 6. The Labute approximate surface area is 373 Å². The van der Waals surface area contributed by atoms with Crippen LogP contribution in [0.3, 0.4) is 0 Å².